The number of aliphatic hydroxyl groups excluding tert-OH is 1. The molecule has 2 aromatic carbocycles. The average molecular weight is 545 g/mol. The van der Waals surface area contributed by atoms with Gasteiger partial charge in [-0.1, -0.05) is 35.9 Å². The Morgan fingerprint density at radius 2 is 1.92 bits per heavy atom. The Morgan fingerprint density at radius 1 is 1.16 bits per heavy atom. The van der Waals surface area contributed by atoms with Crippen LogP contribution in [0.4, 0.5) is 13.2 Å². The molecule has 1 unspecified atom stereocenters. The number of halogens is 4. The standard InChI is InChI=1S/C24H28ClF3N4O5/c1-29-21-20(22(34)30-9-11-35-12-10-33)32(14-16-5-7-18(25)8-6-16)23(31-21)36-15-17-3-2-4-19(13-17)37-24(26,27)28/h2-8,13,23,29,31,33H,9-12,14-15H2,1H3,(H,30,34). The molecule has 1 atom stereocenters. The SMILES string of the molecule is CNC1=C(C(=O)NCCOCCO)N(Cc2ccc(Cl)cc2)C(OCc2cccc(OC(F)(F)F)c2)N1. The van der Waals surface area contributed by atoms with Gasteiger partial charge in [-0.25, -0.2) is 0 Å². The van der Waals surface area contributed by atoms with Crippen molar-refractivity contribution >= 4 is 17.5 Å². The summed E-state index contributed by atoms with van der Waals surface area (Å²) in [7, 11) is 1.64. The number of nitrogens with one attached hydrogen (secondary N) is 3. The lowest BCUT2D eigenvalue weighted by molar-refractivity contribution is -0.274. The normalized spacial score (nSPS) is 15.5. The minimum Gasteiger partial charge on any atom is -0.406 e. The topological polar surface area (TPSA) is 104 Å². The number of carbonyl (C=O) groups is 1. The zero-order valence-corrected chi connectivity index (χ0v) is 20.7. The van der Waals surface area contributed by atoms with Crippen molar-refractivity contribution in [1.29, 1.82) is 0 Å². The average Bonchev–Trinajstić information content (AvgIpc) is 3.20. The number of hydrogen-bond acceptors (Lipinski definition) is 8. The van der Waals surface area contributed by atoms with E-state index in [0.29, 0.717) is 16.4 Å². The molecule has 0 fully saturated rings. The molecule has 13 heteroatoms. The van der Waals surface area contributed by atoms with Crippen LogP contribution in [0.25, 0.3) is 0 Å². The fourth-order valence-electron chi connectivity index (χ4n) is 3.54. The molecular formula is C24H28ClF3N4O5. The molecule has 1 heterocycles. The first-order valence-electron chi connectivity index (χ1n) is 11.3. The van der Waals surface area contributed by atoms with Crippen LogP contribution in [0, 0.1) is 0 Å². The molecule has 0 radical (unpaired) electrons. The summed E-state index contributed by atoms with van der Waals surface area (Å²) in [6, 6.07) is 12.5. The lowest BCUT2D eigenvalue weighted by Gasteiger charge is -2.28. The van der Waals surface area contributed by atoms with E-state index in [1.807, 2.05) is 12.1 Å². The van der Waals surface area contributed by atoms with E-state index in [1.54, 1.807) is 30.1 Å². The van der Waals surface area contributed by atoms with Crippen LogP contribution in [0.15, 0.2) is 60.0 Å². The summed E-state index contributed by atoms with van der Waals surface area (Å²) in [6.07, 6.45) is -5.63. The molecule has 202 valence electrons. The number of amides is 1. The number of hydrogen-bond donors (Lipinski definition) is 4. The van der Waals surface area contributed by atoms with Crippen LogP contribution in [-0.4, -0.2) is 62.0 Å². The van der Waals surface area contributed by atoms with Crippen LogP contribution in [0.5, 0.6) is 5.75 Å². The van der Waals surface area contributed by atoms with E-state index in [-0.39, 0.29) is 51.0 Å². The highest BCUT2D eigenvalue weighted by Gasteiger charge is 2.36. The van der Waals surface area contributed by atoms with Gasteiger partial charge in [-0.2, -0.15) is 0 Å². The third-order valence-corrected chi connectivity index (χ3v) is 5.37. The Morgan fingerprint density at radius 3 is 2.59 bits per heavy atom. The molecule has 0 aliphatic carbocycles. The summed E-state index contributed by atoms with van der Waals surface area (Å²) in [5, 5.41) is 18.2. The van der Waals surface area contributed by atoms with Gasteiger partial charge in [0.1, 0.15) is 17.3 Å². The Bertz CT molecular complexity index is 1070. The quantitative estimate of drug-likeness (QED) is 0.285. The van der Waals surface area contributed by atoms with Crippen molar-refractivity contribution in [3.05, 3.63) is 76.2 Å². The Kier molecular flexibility index (Phi) is 10.3. The Labute approximate surface area is 217 Å². The first-order valence-corrected chi connectivity index (χ1v) is 11.7. The third-order valence-electron chi connectivity index (χ3n) is 5.11. The van der Waals surface area contributed by atoms with Gasteiger partial charge in [0.05, 0.1) is 26.4 Å². The third kappa shape index (κ3) is 8.71. The van der Waals surface area contributed by atoms with Crippen molar-refractivity contribution in [2.24, 2.45) is 0 Å². The smallest absolute Gasteiger partial charge is 0.406 e. The van der Waals surface area contributed by atoms with Crippen molar-refractivity contribution < 1.29 is 37.3 Å². The number of aliphatic hydroxyl groups is 1. The minimum absolute atomic E-state index is 0.0647. The van der Waals surface area contributed by atoms with Crippen molar-refractivity contribution in [2.75, 3.05) is 33.4 Å². The molecular weight excluding hydrogens is 517 g/mol. The van der Waals surface area contributed by atoms with Gasteiger partial charge >= 0.3 is 6.36 Å². The second-order valence-corrected chi connectivity index (χ2v) is 8.26. The maximum Gasteiger partial charge on any atom is 0.573 e. The van der Waals surface area contributed by atoms with Crippen molar-refractivity contribution in [3.8, 4) is 5.75 Å². The molecule has 9 nitrogen and oxygen atoms in total. The van der Waals surface area contributed by atoms with Gasteiger partial charge in [-0.15, -0.1) is 13.2 Å². The molecule has 0 aromatic heterocycles. The van der Waals surface area contributed by atoms with Crippen molar-refractivity contribution in [3.63, 3.8) is 0 Å². The van der Waals surface area contributed by atoms with Crippen LogP contribution in [-0.2, 0) is 27.4 Å². The zero-order valence-electron chi connectivity index (χ0n) is 20.0. The predicted octanol–water partition coefficient (Wildman–Crippen LogP) is 2.66. The van der Waals surface area contributed by atoms with E-state index in [1.165, 1.54) is 18.2 Å². The molecule has 3 rings (SSSR count). The molecule has 2 aromatic rings. The van der Waals surface area contributed by atoms with Crippen molar-refractivity contribution in [2.45, 2.75) is 25.9 Å². The maximum atomic E-state index is 13.1. The van der Waals surface area contributed by atoms with Gasteiger partial charge in [-0.05, 0) is 35.4 Å². The van der Waals surface area contributed by atoms with Crippen LogP contribution in [0.3, 0.4) is 0 Å². The van der Waals surface area contributed by atoms with Gasteiger partial charge in [0, 0.05) is 25.2 Å². The largest absolute Gasteiger partial charge is 0.573 e. The molecule has 0 saturated heterocycles. The number of carbonyl (C=O) groups excluding carboxylic acids is 1. The molecule has 0 bridgehead atoms. The van der Waals surface area contributed by atoms with Crippen molar-refractivity contribution in [1.82, 2.24) is 20.9 Å². The fraction of sp³-hybridized carbons (Fsp3) is 0.375. The highest BCUT2D eigenvalue weighted by atomic mass is 35.5. The fourth-order valence-corrected chi connectivity index (χ4v) is 3.67. The van der Waals surface area contributed by atoms with E-state index in [4.69, 9.17) is 26.2 Å². The Hall–Kier alpha value is -3.19. The number of rotatable bonds is 13. The van der Waals surface area contributed by atoms with E-state index < -0.39 is 18.6 Å². The monoisotopic (exact) mass is 544 g/mol. The molecule has 1 aliphatic heterocycles. The summed E-state index contributed by atoms with van der Waals surface area (Å²) in [4.78, 5) is 14.8. The summed E-state index contributed by atoms with van der Waals surface area (Å²) in [5.41, 5.74) is 1.56. The Balaban J connectivity index is 1.76. The molecule has 4 N–H and O–H groups in total. The molecule has 0 saturated carbocycles. The number of nitrogens with zero attached hydrogens (tertiary/aromatic N) is 1. The van der Waals surface area contributed by atoms with Crippen LogP contribution < -0.4 is 20.7 Å². The molecule has 1 aliphatic rings. The highest BCUT2D eigenvalue weighted by Crippen LogP contribution is 2.26. The summed E-state index contributed by atoms with van der Waals surface area (Å²) < 4.78 is 52.9. The van der Waals surface area contributed by atoms with Gasteiger partial charge < -0.3 is 40.2 Å². The summed E-state index contributed by atoms with van der Waals surface area (Å²) in [6.45, 7) is 0.675. The van der Waals surface area contributed by atoms with Gasteiger partial charge in [-0.3, -0.25) is 4.79 Å². The lowest BCUT2D eigenvalue weighted by atomic mass is 10.2. The number of alkyl halides is 3. The molecule has 1 amide bonds. The second kappa shape index (κ2) is 13.4. The van der Waals surface area contributed by atoms with E-state index in [9.17, 15) is 18.0 Å². The predicted molar refractivity (Wildman–Crippen MR) is 129 cm³/mol. The second-order valence-electron chi connectivity index (χ2n) is 7.82. The van der Waals surface area contributed by atoms with Crippen LogP contribution >= 0.6 is 11.6 Å². The van der Waals surface area contributed by atoms with Gasteiger partial charge in [0.25, 0.3) is 5.91 Å². The summed E-state index contributed by atoms with van der Waals surface area (Å²) in [5.74, 6) is -0.351. The maximum absolute atomic E-state index is 13.1. The first kappa shape index (κ1) is 28.4. The van der Waals surface area contributed by atoms with Crippen LogP contribution in [0.1, 0.15) is 11.1 Å². The van der Waals surface area contributed by atoms with E-state index >= 15 is 0 Å². The van der Waals surface area contributed by atoms with Gasteiger partial charge in [0.15, 0.2) is 0 Å². The minimum atomic E-state index is -4.81. The zero-order chi connectivity index (χ0) is 26.8. The van der Waals surface area contributed by atoms with Crippen LogP contribution in [0.2, 0.25) is 5.02 Å². The first-order chi connectivity index (χ1) is 17.7. The highest BCUT2D eigenvalue weighted by molar-refractivity contribution is 6.30. The van der Waals surface area contributed by atoms with Gasteiger partial charge in [0.2, 0.25) is 6.35 Å². The number of ether oxygens (including phenoxy) is 3. The lowest BCUT2D eigenvalue weighted by Crippen LogP contribution is -2.42. The summed E-state index contributed by atoms with van der Waals surface area (Å²) >= 11 is 6.00. The van der Waals surface area contributed by atoms with E-state index in [2.05, 4.69) is 20.7 Å². The molecule has 0 spiro atoms. The van der Waals surface area contributed by atoms with E-state index in [0.717, 1.165) is 5.56 Å². The molecule has 37 heavy (non-hydrogen) atoms. The number of benzene rings is 2.